The van der Waals surface area contributed by atoms with Crippen LogP contribution >= 0.6 is 0 Å². The number of carbonyl (C=O) groups excluding carboxylic acids is 2. The van der Waals surface area contributed by atoms with E-state index in [1.807, 2.05) is 67.7 Å². The van der Waals surface area contributed by atoms with E-state index >= 15 is 0 Å². The minimum Gasteiger partial charge on any atom is -0.358 e. The molecule has 5 rings (SSSR count). The Hall–Kier alpha value is -3.93. The number of carbonyl (C=O) groups is 2. The van der Waals surface area contributed by atoms with E-state index in [0.29, 0.717) is 25.1 Å². The van der Waals surface area contributed by atoms with Crippen molar-refractivity contribution in [1.29, 1.82) is 0 Å². The second kappa shape index (κ2) is 8.54. The molecule has 1 aliphatic rings. The van der Waals surface area contributed by atoms with Crippen molar-refractivity contribution < 1.29 is 9.59 Å². The molecular formula is C27H26N4O2. The van der Waals surface area contributed by atoms with Gasteiger partial charge in [-0.2, -0.15) is 0 Å². The van der Waals surface area contributed by atoms with Crippen LogP contribution in [-0.2, 0) is 11.2 Å². The van der Waals surface area contributed by atoms with Crippen LogP contribution in [0.15, 0.2) is 67.0 Å². The van der Waals surface area contributed by atoms with E-state index in [4.69, 9.17) is 0 Å². The highest BCUT2D eigenvalue weighted by molar-refractivity contribution is 6.01. The van der Waals surface area contributed by atoms with E-state index in [1.54, 1.807) is 11.1 Å². The molecule has 33 heavy (non-hydrogen) atoms. The molecule has 0 radical (unpaired) electrons. The molecule has 6 heteroatoms. The van der Waals surface area contributed by atoms with Gasteiger partial charge in [-0.3, -0.25) is 14.6 Å². The summed E-state index contributed by atoms with van der Waals surface area (Å²) >= 11 is 0. The number of hydrogen-bond donors (Lipinski definition) is 2. The molecule has 3 heterocycles. The molecule has 4 aromatic rings. The first-order valence-electron chi connectivity index (χ1n) is 11.2. The number of benzene rings is 2. The largest absolute Gasteiger partial charge is 0.358 e. The number of hydrogen-bond acceptors (Lipinski definition) is 3. The van der Waals surface area contributed by atoms with Crippen LogP contribution < -0.4 is 5.32 Å². The molecule has 2 aromatic carbocycles. The lowest BCUT2D eigenvalue weighted by Gasteiger charge is -2.35. The maximum absolute atomic E-state index is 13.5. The lowest BCUT2D eigenvalue weighted by Crippen LogP contribution is -2.58. The summed E-state index contributed by atoms with van der Waals surface area (Å²) in [4.78, 5) is 35.5. The summed E-state index contributed by atoms with van der Waals surface area (Å²) in [6.45, 7) is 5.04. The SMILES string of the molecule is Cc1[nH]c2ccc(C(=O)N3CCNC(=O)[C@@H]3Cc3ccc(-c4cccnc4)cc3)cc2c1C. The van der Waals surface area contributed by atoms with Gasteiger partial charge in [0, 0.05) is 54.1 Å². The van der Waals surface area contributed by atoms with Gasteiger partial charge in [-0.05, 0) is 60.4 Å². The van der Waals surface area contributed by atoms with Crippen LogP contribution in [0.4, 0.5) is 0 Å². The summed E-state index contributed by atoms with van der Waals surface area (Å²) in [7, 11) is 0. The molecule has 1 saturated heterocycles. The first kappa shape index (κ1) is 20.9. The fourth-order valence-corrected chi connectivity index (χ4v) is 4.51. The predicted molar refractivity (Wildman–Crippen MR) is 129 cm³/mol. The van der Waals surface area contributed by atoms with Gasteiger partial charge in [-0.25, -0.2) is 0 Å². The first-order chi connectivity index (χ1) is 16.0. The smallest absolute Gasteiger partial charge is 0.254 e. The summed E-state index contributed by atoms with van der Waals surface area (Å²) in [5, 5.41) is 3.97. The quantitative estimate of drug-likeness (QED) is 0.505. The highest BCUT2D eigenvalue weighted by Gasteiger charge is 2.33. The molecule has 1 aliphatic heterocycles. The zero-order chi connectivity index (χ0) is 22.9. The Morgan fingerprint density at radius 1 is 1.09 bits per heavy atom. The second-order valence-corrected chi connectivity index (χ2v) is 8.58. The summed E-state index contributed by atoms with van der Waals surface area (Å²) in [5.41, 5.74) is 6.98. The predicted octanol–water partition coefficient (Wildman–Crippen LogP) is 4.03. The molecule has 2 aromatic heterocycles. The fourth-order valence-electron chi connectivity index (χ4n) is 4.51. The number of aryl methyl sites for hydroxylation is 2. The molecule has 0 unspecified atom stereocenters. The van der Waals surface area contributed by atoms with Gasteiger partial charge in [-0.15, -0.1) is 0 Å². The number of fused-ring (bicyclic) bond motifs is 1. The molecule has 166 valence electrons. The van der Waals surface area contributed by atoms with Crippen molar-refractivity contribution >= 4 is 22.7 Å². The van der Waals surface area contributed by atoms with E-state index in [0.717, 1.165) is 38.9 Å². The maximum Gasteiger partial charge on any atom is 0.254 e. The fraction of sp³-hybridized carbons (Fsp3) is 0.222. The molecule has 0 bridgehead atoms. The van der Waals surface area contributed by atoms with Crippen LogP contribution in [0.1, 0.15) is 27.2 Å². The number of amides is 2. The summed E-state index contributed by atoms with van der Waals surface area (Å²) < 4.78 is 0. The Morgan fingerprint density at radius 3 is 2.67 bits per heavy atom. The van der Waals surface area contributed by atoms with Gasteiger partial charge >= 0.3 is 0 Å². The van der Waals surface area contributed by atoms with Gasteiger partial charge in [0.2, 0.25) is 5.91 Å². The Kier molecular flexibility index (Phi) is 5.42. The van der Waals surface area contributed by atoms with Crippen molar-refractivity contribution in [2.45, 2.75) is 26.3 Å². The van der Waals surface area contributed by atoms with Crippen molar-refractivity contribution in [3.63, 3.8) is 0 Å². The van der Waals surface area contributed by atoms with Crippen molar-refractivity contribution in [1.82, 2.24) is 20.2 Å². The molecule has 1 fully saturated rings. The minimum absolute atomic E-state index is 0.109. The molecule has 0 aliphatic carbocycles. The Labute approximate surface area is 192 Å². The number of H-pyrrole nitrogens is 1. The lowest BCUT2D eigenvalue weighted by atomic mass is 9.98. The van der Waals surface area contributed by atoms with Crippen LogP contribution in [0.3, 0.4) is 0 Å². The van der Waals surface area contributed by atoms with E-state index in [-0.39, 0.29) is 11.8 Å². The molecule has 1 atom stereocenters. The molecule has 2 N–H and O–H groups in total. The zero-order valence-corrected chi connectivity index (χ0v) is 18.8. The monoisotopic (exact) mass is 438 g/mol. The number of rotatable bonds is 4. The number of piperazine rings is 1. The van der Waals surface area contributed by atoms with Crippen LogP contribution in [0.25, 0.3) is 22.0 Å². The normalized spacial score (nSPS) is 16.1. The van der Waals surface area contributed by atoms with E-state index in [9.17, 15) is 9.59 Å². The standard InChI is InChI=1S/C27H26N4O2/c1-17-18(2)30-24-10-9-21(15-23(17)24)27(33)31-13-12-29-26(32)25(31)14-19-5-7-20(8-6-19)22-4-3-11-28-16-22/h3-11,15-16,25,30H,12-14H2,1-2H3,(H,29,32)/t25-/m0/s1. The third-order valence-electron chi connectivity index (χ3n) is 6.52. The van der Waals surface area contributed by atoms with Crippen LogP contribution in [0.5, 0.6) is 0 Å². The topological polar surface area (TPSA) is 78.1 Å². The highest BCUT2D eigenvalue weighted by atomic mass is 16.2. The van der Waals surface area contributed by atoms with Gasteiger partial charge in [0.15, 0.2) is 0 Å². The number of nitrogens with one attached hydrogen (secondary N) is 2. The van der Waals surface area contributed by atoms with Crippen LogP contribution in [0.2, 0.25) is 0 Å². The Morgan fingerprint density at radius 2 is 1.91 bits per heavy atom. The summed E-state index contributed by atoms with van der Waals surface area (Å²) in [5.74, 6) is -0.220. The van der Waals surface area contributed by atoms with Gasteiger partial charge in [-0.1, -0.05) is 30.3 Å². The minimum atomic E-state index is -0.541. The van der Waals surface area contributed by atoms with Crippen molar-refractivity contribution in [3.8, 4) is 11.1 Å². The number of aromatic nitrogens is 2. The van der Waals surface area contributed by atoms with E-state index in [2.05, 4.69) is 22.2 Å². The zero-order valence-electron chi connectivity index (χ0n) is 18.8. The van der Waals surface area contributed by atoms with Gasteiger partial charge < -0.3 is 15.2 Å². The second-order valence-electron chi connectivity index (χ2n) is 8.58. The molecule has 6 nitrogen and oxygen atoms in total. The highest BCUT2D eigenvalue weighted by Crippen LogP contribution is 2.25. The molecule has 0 spiro atoms. The van der Waals surface area contributed by atoms with Crippen molar-refractivity contribution in [2.75, 3.05) is 13.1 Å². The van der Waals surface area contributed by atoms with Gasteiger partial charge in [0.25, 0.3) is 5.91 Å². The third kappa shape index (κ3) is 4.00. The number of pyridine rings is 1. The first-order valence-corrected chi connectivity index (χ1v) is 11.2. The average Bonchev–Trinajstić information content (AvgIpc) is 3.13. The number of aromatic amines is 1. The van der Waals surface area contributed by atoms with Crippen LogP contribution in [-0.4, -0.2) is 45.8 Å². The van der Waals surface area contributed by atoms with E-state index in [1.165, 1.54) is 0 Å². The van der Waals surface area contributed by atoms with Crippen LogP contribution in [0, 0.1) is 13.8 Å². The van der Waals surface area contributed by atoms with Gasteiger partial charge in [0.1, 0.15) is 6.04 Å². The lowest BCUT2D eigenvalue weighted by molar-refractivity contribution is -0.127. The summed E-state index contributed by atoms with van der Waals surface area (Å²) in [6.07, 6.45) is 4.05. The maximum atomic E-state index is 13.5. The average molecular weight is 439 g/mol. The Balaban J connectivity index is 1.40. The third-order valence-corrected chi connectivity index (χ3v) is 6.52. The van der Waals surface area contributed by atoms with E-state index < -0.39 is 6.04 Å². The summed E-state index contributed by atoms with van der Waals surface area (Å²) in [6, 6.07) is 17.2. The Bertz CT molecular complexity index is 1330. The van der Waals surface area contributed by atoms with Gasteiger partial charge in [0.05, 0.1) is 0 Å². The molecule has 2 amide bonds. The molecule has 0 saturated carbocycles. The van der Waals surface area contributed by atoms with Crippen molar-refractivity contribution in [2.24, 2.45) is 0 Å². The molecular weight excluding hydrogens is 412 g/mol. The van der Waals surface area contributed by atoms with Crippen molar-refractivity contribution in [3.05, 3.63) is 89.4 Å². The number of nitrogens with zero attached hydrogens (tertiary/aromatic N) is 2.